The average molecular weight is 238 g/mol. The molecule has 17 heavy (non-hydrogen) atoms. The van der Waals surface area contributed by atoms with Gasteiger partial charge in [0.25, 0.3) is 0 Å². The molecule has 1 amide bonds. The Bertz CT molecular complexity index is 340. The number of nitrogen functional groups attached to an aromatic ring is 1. The van der Waals surface area contributed by atoms with Crippen molar-refractivity contribution in [2.75, 3.05) is 37.9 Å². The normalized spacial score (nSPS) is 9.94. The highest BCUT2D eigenvalue weighted by Gasteiger charge is 1.98. The van der Waals surface area contributed by atoms with Gasteiger partial charge in [0.15, 0.2) is 0 Å². The zero-order valence-corrected chi connectivity index (χ0v) is 9.90. The third-order valence-corrected chi connectivity index (χ3v) is 2.07. The Morgan fingerprint density at radius 2 is 2.29 bits per heavy atom. The van der Waals surface area contributed by atoms with Gasteiger partial charge >= 0.3 is 0 Å². The number of anilines is 2. The van der Waals surface area contributed by atoms with Gasteiger partial charge in [-0.25, -0.2) is 4.98 Å². The lowest BCUT2D eigenvalue weighted by molar-refractivity contribution is -0.124. The van der Waals surface area contributed by atoms with Gasteiger partial charge < -0.3 is 21.1 Å². The smallest absolute Gasteiger partial charge is 0.245 e. The number of aromatic nitrogens is 1. The molecular formula is C11H18N4O2. The van der Waals surface area contributed by atoms with Crippen LogP contribution in [0.1, 0.15) is 6.42 Å². The third-order valence-electron chi connectivity index (χ3n) is 2.07. The van der Waals surface area contributed by atoms with Gasteiger partial charge in [-0.15, -0.1) is 0 Å². The van der Waals surface area contributed by atoms with E-state index in [1.54, 1.807) is 12.3 Å². The van der Waals surface area contributed by atoms with E-state index in [0.717, 1.165) is 18.7 Å². The van der Waals surface area contributed by atoms with Crippen molar-refractivity contribution in [3.63, 3.8) is 0 Å². The van der Waals surface area contributed by atoms with E-state index in [4.69, 9.17) is 10.5 Å². The maximum absolute atomic E-state index is 11.0. The van der Waals surface area contributed by atoms with Crippen LogP contribution in [0.25, 0.3) is 0 Å². The number of pyridine rings is 1. The van der Waals surface area contributed by atoms with Crippen LogP contribution in [0.15, 0.2) is 18.3 Å². The molecule has 4 N–H and O–H groups in total. The van der Waals surface area contributed by atoms with Crippen molar-refractivity contribution in [3.8, 4) is 0 Å². The fourth-order valence-electron chi connectivity index (χ4n) is 1.24. The first-order valence-electron chi connectivity index (χ1n) is 5.43. The summed E-state index contributed by atoms with van der Waals surface area (Å²) in [6, 6.07) is 3.61. The van der Waals surface area contributed by atoms with Crippen molar-refractivity contribution in [1.29, 1.82) is 0 Å². The van der Waals surface area contributed by atoms with E-state index in [1.165, 1.54) is 7.11 Å². The zero-order chi connectivity index (χ0) is 12.5. The first kappa shape index (κ1) is 13.2. The second-order valence-corrected chi connectivity index (χ2v) is 3.54. The Hall–Kier alpha value is -1.82. The highest BCUT2D eigenvalue weighted by atomic mass is 16.5. The number of nitrogens with zero attached hydrogens (tertiary/aromatic N) is 1. The third kappa shape index (κ3) is 5.72. The predicted octanol–water partition coefficient (Wildman–Crippen LogP) is 0.228. The molecule has 0 aliphatic heterocycles. The van der Waals surface area contributed by atoms with Gasteiger partial charge in [-0.05, 0) is 18.6 Å². The lowest BCUT2D eigenvalue weighted by Gasteiger charge is -2.07. The molecule has 0 saturated heterocycles. The van der Waals surface area contributed by atoms with E-state index in [1.807, 2.05) is 6.07 Å². The van der Waals surface area contributed by atoms with Crippen LogP contribution in [0, 0.1) is 0 Å². The van der Waals surface area contributed by atoms with Gasteiger partial charge in [-0.1, -0.05) is 0 Å². The van der Waals surface area contributed by atoms with E-state index >= 15 is 0 Å². The van der Waals surface area contributed by atoms with Gasteiger partial charge in [0.2, 0.25) is 5.91 Å². The van der Waals surface area contributed by atoms with E-state index in [9.17, 15) is 4.79 Å². The monoisotopic (exact) mass is 238 g/mol. The van der Waals surface area contributed by atoms with Crippen LogP contribution in [0.3, 0.4) is 0 Å². The number of nitrogens with one attached hydrogen (secondary N) is 2. The van der Waals surface area contributed by atoms with Crippen molar-refractivity contribution in [1.82, 2.24) is 10.3 Å². The van der Waals surface area contributed by atoms with Gasteiger partial charge in [0, 0.05) is 20.2 Å². The van der Waals surface area contributed by atoms with Crippen molar-refractivity contribution >= 4 is 17.4 Å². The summed E-state index contributed by atoms with van der Waals surface area (Å²) < 4.78 is 4.69. The molecule has 0 atom stereocenters. The number of hydrogen-bond donors (Lipinski definition) is 3. The average Bonchev–Trinajstić information content (AvgIpc) is 2.31. The molecule has 94 valence electrons. The standard InChI is InChI=1S/C11H18N4O2/c1-17-8-11(16)14-6-2-5-13-9-3-4-10(12)15-7-9/h3-4,7,13H,2,5-6,8H2,1H3,(H2,12,15)(H,14,16). The number of nitrogens with two attached hydrogens (primary N) is 1. The molecule has 1 heterocycles. The fourth-order valence-corrected chi connectivity index (χ4v) is 1.24. The molecule has 0 aliphatic carbocycles. The molecule has 6 heteroatoms. The second-order valence-electron chi connectivity index (χ2n) is 3.54. The SMILES string of the molecule is COCC(=O)NCCCNc1ccc(N)nc1. The number of methoxy groups -OCH3 is 1. The predicted molar refractivity (Wildman–Crippen MR) is 66.6 cm³/mol. The molecule has 1 rings (SSSR count). The second kappa shape index (κ2) is 7.45. The van der Waals surface area contributed by atoms with Gasteiger partial charge in [-0.2, -0.15) is 0 Å². The molecule has 0 saturated carbocycles. The highest BCUT2D eigenvalue weighted by Crippen LogP contribution is 2.06. The number of carbonyl (C=O) groups is 1. The lowest BCUT2D eigenvalue weighted by Crippen LogP contribution is -2.28. The maximum Gasteiger partial charge on any atom is 0.245 e. The van der Waals surface area contributed by atoms with Crippen LogP contribution in [-0.2, 0) is 9.53 Å². The van der Waals surface area contributed by atoms with Crippen LogP contribution in [-0.4, -0.2) is 37.7 Å². The van der Waals surface area contributed by atoms with E-state index in [2.05, 4.69) is 15.6 Å². The minimum atomic E-state index is -0.0957. The summed E-state index contributed by atoms with van der Waals surface area (Å²) in [5, 5.41) is 5.92. The Balaban J connectivity index is 2.08. The van der Waals surface area contributed by atoms with Crippen LogP contribution >= 0.6 is 0 Å². The number of ether oxygens (including phenoxy) is 1. The molecule has 0 aliphatic rings. The van der Waals surface area contributed by atoms with Gasteiger partial charge in [0.05, 0.1) is 11.9 Å². The number of hydrogen-bond acceptors (Lipinski definition) is 5. The summed E-state index contributed by atoms with van der Waals surface area (Å²) in [6.07, 6.45) is 2.51. The van der Waals surface area contributed by atoms with E-state index in [0.29, 0.717) is 12.4 Å². The van der Waals surface area contributed by atoms with Crippen LogP contribution in [0.5, 0.6) is 0 Å². The van der Waals surface area contributed by atoms with Crippen molar-refractivity contribution in [2.45, 2.75) is 6.42 Å². The minimum Gasteiger partial charge on any atom is -0.384 e. The molecule has 0 fully saturated rings. The maximum atomic E-state index is 11.0. The fraction of sp³-hybridized carbons (Fsp3) is 0.455. The van der Waals surface area contributed by atoms with Gasteiger partial charge in [-0.3, -0.25) is 4.79 Å². The zero-order valence-electron chi connectivity index (χ0n) is 9.90. The topological polar surface area (TPSA) is 89.3 Å². The van der Waals surface area contributed by atoms with Crippen molar-refractivity contribution < 1.29 is 9.53 Å². The highest BCUT2D eigenvalue weighted by molar-refractivity contribution is 5.77. The van der Waals surface area contributed by atoms with Crippen molar-refractivity contribution in [3.05, 3.63) is 18.3 Å². The summed E-state index contributed by atoms with van der Waals surface area (Å²) >= 11 is 0. The Labute approximate surface area is 101 Å². The summed E-state index contributed by atoms with van der Waals surface area (Å²) in [5.41, 5.74) is 6.39. The van der Waals surface area contributed by atoms with Crippen molar-refractivity contribution in [2.24, 2.45) is 0 Å². The number of carbonyl (C=O) groups excluding carboxylic acids is 1. The summed E-state index contributed by atoms with van der Waals surface area (Å²) in [7, 11) is 1.50. The Morgan fingerprint density at radius 3 is 2.94 bits per heavy atom. The first-order chi connectivity index (χ1) is 8.22. The molecule has 0 unspecified atom stereocenters. The molecule has 6 nitrogen and oxygen atoms in total. The quantitative estimate of drug-likeness (QED) is 0.592. The van der Waals surface area contributed by atoms with E-state index in [-0.39, 0.29) is 12.5 Å². The summed E-state index contributed by atoms with van der Waals surface area (Å²) in [6.45, 7) is 1.49. The van der Waals surface area contributed by atoms with Crippen LogP contribution < -0.4 is 16.4 Å². The number of rotatable bonds is 7. The number of amides is 1. The molecule has 0 spiro atoms. The molecule has 0 radical (unpaired) electrons. The van der Waals surface area contributed by atoms with Crippen LogP contribution in [0.4, 0.5) is 11.5 Å². The summed E-state index contributed by atoms with van der Waals surface area (Å²) in [4.78, 5) is 15.0. The van der Waals surface area contributed by atoms with Gasteiger partial charge in [0.1, 0.15) is 12.4 Å². The molecule has 0 aromatic carbocycles. The molecule has 1 aromatic rings. The lowest BCUT2D eigenvalue weighted by atomic mass is 10.3. The molecule has 1 aromatic heterocycles. The van der Waals surface area contributed by atoms with E-state index < -0.39 is 0 Å². The van der Waals surface area contributed by atoms with Crippen LogP contribution in [0.2, 0.25) is 0 Å². The molecule has 0 bridgehead atoms. The molecular weight excluding hydrogens is 220 g/mol. The Morgan fingerprint density at radius 1 is 1.47 bits per heavy atom. The largest absolute Gasteiger partial charge is 0.384 e. The Kier molecular flexibility index (Phi) is 5.81. The minimum absolute atomic E-state index is 0.0957. The summed E-state index contributed by atoms with van der Waals surface area (Å²) in [5.74, 6) is 0.407. The first-order valence-corrected chi connectivity index (χ1v) is 5.43.